The number of benzene rings is 3. The molecule has 0 aliphatic carbocycles. The third kappa shape index (κ3) is 4.29. The number of ether oxygens (including phenoxy) is 3. The first-order chi connectivity index (χ1) is 16.3. The second-order valence-corrected chi connectivity index (χ2v) is 7.77. The van der Waals surface area contributed by atoms with Crippen LogP contribution in [-0.4, -0.2) is 69.3 Å². The van der Waals surface area contributed by atoms with Gasteiger partial charge in [0.1, 0.15) is 24.1 Å². The summed E-state index contributed by atoms with van der Waals surface area (Å²) in [6.07, 6.45) is -8.63. The third-order valence-corrected chi connectivity index (χ3v) is 5.62. The lowest BCUT2D eigenvalue weighted by atomic mass is 9.96. The van der Waals surface area contributed by atoms with Gasteiger partial charge in [0.15, 0.2) is 17.6 Å². The molecule has 1 saturated heterocycles. The Morgan fingerprint density at radius 3 is 2.03 bits per heavy atom. The number of phenols is 2. The molecule has 1 aliphatic heterocycles. The first kappa shape index (κ1) is 23.5. The highest BCUT2D eigenvalue weighted by Gasteiger charge is 2.49. The van der Waals surface area contributed by atoms with Crippen LogP contribution in [0.1, 0.15) is 0 Å². The highest BCUT2D eigenvalue weighted by atomic mass is 16.7. The van der Waals surface area contributed by atoms with Gasteiger partial charge in [-0.1, -0.05) is 60.7 Å². The number of carbonyl (C=O) groups is 1. The van der Waals surface area contributed by atoms with Crippen molar-refractivity contribution in [2.75, 3.05) is 7.11 Å². The summed E-state index contributed by atoms with van der Waals surface area (Å²) < 4.78 is 15.9. The second-order valence-electron chi connectivity index (χ2n) is 7.77. The van der Waals surface area contributed by atoms with Gasteiger partial charge in [-0.05, 0) is 17.2 Å². The lowest BCUT2D eigenvalue weighted by Crippen LogP contribution is -2.61. The Morgan fingerprint density at radius 1 is 0.853 bits per heavy atom. The van der Waals surface area contributed by atoms with Gasteiger partial charge >= 0.3 is 5.97 Å². The van der Waals surface area contributed by atoms with Crippen molar-refractivity contribution in [3.63, 3.8) is 0 Å². The Hall–Kier alpha value is -3.63. The van der Waals surface area contributed by atoms with E-state index in [2.05, 4.69) is 4.74 Å². The molecule has 9 heteroatoms. The zero-order chi connectivity index (χ0) is 24.4. The largest absolute Gasteiger partial charge is 0.507 e. The van der Waals surface area contributed by atoms with E-state index in [0.717, 1.165) is 7.11 Å². The lowest BCUT2D eigenvalue weighted by Gasteiger charge is -2.39. The molecular formula is C25H24O9. The topological polar surface area (TPSA) is 146 Å². The summed E-state index contributed by atoms with van der Waals surface area (Å²) in [4.78, 5) is 12.0. The molecule has 34 heavy (non-hydrogen) atoms. The molecular weight excluding hydrogens is 444 g/mol. The molecule has 1 heterocycles. The Labute approximate surface area is 195 Å². The van der Waals surface area contributed by atoms with Gasteiger partial charge in [-0.2, -0.15) is 0 Å². The van der Waals surface area contributed by atoms with Crippen LogP contribution in [0.3, 0.4) is 0 Å². The molecule has 3 aromatic rings. The van der Waals surface area contributed by atoms with E-state index < -0.39 is 42.4 Å². The van der Waals surface area contributed by atoms with E-state index >= 15 is 0 Å². The molecule has 0 saturated carbocycles. The molecule has 3 aromatic carbocycles. The number of phenolic OH excluding ortho intramolecular Hbond substituents is 2. The zero-order valence-electron chi connectivity index (χ0n) is 18.1. The van der Waals surface area contributed by atoms with Gasteiger partial charge in [0.25, 0.3) is 0 Å². The van der Waals surface area contributed by atoms with Crippen molar-refractivity contribution >= 4 is 5.97 Å². The van der Waals surface area contributed by atoms with Crippen LogP contribution in [0.2, 0.25) is 0 Å². The van der Waals surface area contributed by atoms with E-state index in [-0.39, 0.29) is 22.6 Å². The van der Waals surface area contributed by atoms with E-state index in [1.165, 1.54) is 6.07 Å². The van der Waals surface area contributed by atoms with Crippen LogP contribution >= 0.6 is 0 Å². The predicted octanol–water partition coefficient (Wildman–Crippen LogP) is 1.79. The Morgan fingerprint density at radius 2 is 1.44 bits per heavy atom. The van der Waals surface area contributed by atoms with E-state index in [1.807, 2.05) is 0 Å². The molecule has 4 rings (SSSR count). The molecule has 5 N–H and O–H groups in total. The molecule has 0 aromatic heterocycles. The van der Waals surface area contributed by atoms with Crippen molar-refractivity contribution < 1.29 is 44.5 Å². The van der Waals surface area contributed by atoms with Gasteiger partial charge in [0.05, 0.1) is 12.7 Å². The molecule has 178 valence electrons. The van der Waals surface area contributed by atoms with E-state index in [0.29, 0.717) is 11.1 Å². The van der Waals surface area contributed by atoms with E-state index in [9.17, 15) is 30.3 Å². The van der Waals surface area contributed by atoms with Crippen molar-refractivity contribution in [3.8, 4) is 39.5 Å². The minimum Gasteiger partial charge on any atom is -0.507 e. The van der Waals surface area contributed by atoms with Crippen LogP contribution in [0, 0.1) is 0 Å². The summed E-state index contributed by atoms with van der Waals surface area (Å²) >= 11 is 0. The number of methoxy groups -OCH3 is 1. The monoisotopic (exact) mass is 468 g/mol. The van der Waals surface area contributed by atoms with Crippen LogP contribution in [0.25, 0.3) is 22.3 Å². The van der Waals surface area contributed by atoms with Crippen LogP contribution in [0.5, 0.6) is 17.2 Å². The van der Waals surface area contributed by atoms with Crippen LogP contribution in [0.15, 0.2) is 66.7 Å². The molecule has 0 radical (unpaired) electrons. The number of aromatic hydroxyl groups is 2. The van der Waals surface area contributed by atoms with Crippen molar-refractivity contribution in [2.24, 2.45) is 0 Å². The molecule has 0 amide bonds. The molecule has 0 unspecified atom stereocenters. The first-order valence-electron chi connectivity index (χ1n) is 10.5. The SMILES string of the molecule is COC(=O)[C@H]1O[C@@H](Oc2c(-c3ccccc3)cc(O)c(-c3ccccc3)c2O)[C@H](O)[C@@H](O)[C@@H]1O. The summed E-state index contributed by atoms with van der Waals surface area (Å²) in [7, 11) is 1.08. The Kier molecular flexibility index (Phi) is 6.71. The van der Waals surface area contributed by atoms with Gasteiger partial charge in [-0.3, -0.25) is 0 Å². The van der Waals surface area contributed by atoms with Crippen LogP contribution in [-0.2, 0) is 14.3 Å². The van der Waals surface area contributed by atoms with Crippen molar-refractivity contribution in [1.29, 1.82) is 0 Å². The number of esters is 1. The van der Waals surface area contributed by atoms with Gasteiger partial charge in [-0.25, -0.2) is 4.79 Å². The van der Waals surface area contributed by atoms with Gasteiger partial charge in [-0.15, -0.1) is 0 Å². The van der Waals surface area contributed by atoms with E-state index in [4.69, 9.17) is 9.47 Å². The van der Waals surface area contributed by atoms with Crippen LogP contribution in [0.4, 0.5) is 0 Å². The summed E-state index contributed by atoms with van der Waals surface area (Å²) in [6.45, 7) is 0. The van der Waals surface area contributed by atoms with Crippen molar-refractivity contribution in [1.82, 2.24) is 0 Å². The summed E-state index contributed by atoms with van der Waals surface area (Å²) in [5.74, 6) is -1.81. The Bertz CT molecular complexity index is 1150. The molecule has 1 fully saturated rings. The van der Waals surface area contributed by atoms with Gasteiger partial charge in [0.2, 0.25) is 6.29 Å². The number of hydrogen-bond acceptors (Lipinski definition) is 9. The minimum absolute atomic E-state index is 0.0747. The molecule has 9 nitrogen and oxygen atoms in total. The standard InChI is InChI=1S/C25H24O9/c1-32-24(31)23-20(29)19(28)21(30)25(34-23)33-22-15(13-8-4-2-5-9-13)12-16(26)17(18(22)27)14-10-6-3-7-11-14/h2-12,19-21,23,25-30H,1H3/t19-,20-,21+,23-,25+/m0/s1. The quantitative estimate of drug-likeness (QED) is 0.354. The molecule has 5 atom stereocenters. The third-order valence-electron chi connectivity index (χ3n) is 5.62. The van der Waals surface area contributed by atoms with Gasteiger partial charge < -0.3 is 39.7 Å². The second kappa shape index (κ2) is 9.70. The van der Waals surface area contributed by atoms with E-state index in [1.54, 1.807) is 60.7 Å². The smallest absolute Gasteiger partial charge is 0.337 e. The average molecular weight is 468 g/mol. The van der Waals surface area contributed by atoms with Crippen molar-refractivity contribution in [2.45, 2.75) is 30.7 Å². The number of aliphatic hydroxyl groups excluding tert-OH is 3. The fourth-order valence-electron chi connectivity index (χ4n) is 3.85. The summed E-state index contributed by atoms with van der Waals surface area (Å²) in [6, 6.07) is 18.7. The Balaban J connectivity index is 1.83. The number of aliphatic hydroxyl groups is 3. The number of hydrogen-bond donors (Lipinski definition) is 5. The highest BCUT2D eigenvalue weighted by molar-refractivity contribution is 5.87. The fourth-order valence-corrected chi connectivity index (χ4v) is 3.85. The van der Waals surface area contributed by atoms with Crippen LogP contribution < -0.4 is 4.74 Å². The van der Waals surface area contributed by atoms with Crippen molar-refractivity contribution in [3.05, 3.63) is 66.7 Å². The average Bonchev–Trinajstić information content (AvgIpc) is 2.86. The highest BCUT2D eigenvalue weighted by Crippen LogP contribution is 2.49. The van der Waals surface area contributed by atoms with Gasteiger partial charge in [0, 0.05) is 5.56 Å². The normalized spacial score (nSPS) is 24.4. The maximum atomic E-state index is 12.0. The maximum absolute atomic E-state index is 12.0. The predicted molar refractivity (Wildman–Crippen MR) is 120 cm³/mol. The first-order valence-corrected chi connectivity index (χ1v) is 10.5. The summed E-state index contributed by atoms with van der Waals surface area (Å²) in [5.41, 5.74) is 1.40. The lowest BCUT2D eigenvalue weighted by molar-refractivity contribution is -0.271. The number of rotatable bonds is 5. The molecule has 0 bridgehead atoms. The zero-order valence-corrected chi connectivity index (χ0v) is 18.1. The summed E-state index contributed by atoms with van der Waals surface area (Å²) in [5, 5.41) is 52.9. The molecule has 1 aliphatic rings. The fraction of sp³-hybridized carbons (Fsp3) is 0.240. The maximum Gasteiger partial charge on any atom is 0.337 e. The number of carbonyl (C=O) groups excluding carboxylic acids is 1. The molecule has 0 spiro atoms. The minimum atomic E-state index is -1.80.